The lowest BCUT2D eigenvalue weighted by molar-refractivity contribution is -0.154. The largest absolute Gasteiger partial charge is 0.467 e. The summed E-state index contributed by atoms with van der Waals surface area (Å²) in [5.74, 6) is -0.714. The second kappa shape index (κ2) is 6.30. The second-order valence-corrected chi connectivity index (χ2v) is 4.91. The number of carbonyl (C=O) groups is 1. The molecule has 0 radical (unpaired) electrons. The summed E-state index contributed by atoms with van der Waals surface area (Å²) in [6.45, 7) is -0.573. The molecule has 8 heteroatoms. The van der Waals surface area contributed by atoms with E-state index in [0.717, 1.165) is 12.8 Å². The van der Waals surface area contributed by atoms with Crippen molar-refractivity contribution < 1.29 is 22.7 Å². The summed E-state index contributed by atoms with van der Waals surface area (Å²) in [6.07, 6.45) is -1.60. The maximum atomic E-state index is 12.4. The fourth-order valence-electron chi connectivity index (χ4n) is 2.18. The van der Waals surface area contributed by atoms with Gasteiger partial charge in [-0.1, -0.05) is 0 Å². The average molecular weight is 303 g/mol. The van der Waals surface area contributed by atoms with Crippen LogP contribution in [0.1, 0.15) is 23.2 Å². The van der Waals surface area contributed by atoms with E-state index in [4.69, 9.17) is 5.73 Å². The van der Waals surface area contributed by atoms with Gasteiger partial charge in [0.15, 0.2) is 6.61 Å². The number of hydrogen-bond acceptors (Lipinski definition) is 4. The van der Waals surface area contributed by atoms with E-state index in [1.54, 1.807) is 0 Å². The van der Waals surface area contributed by atoms with Crippen LogP contribution in [0.25, 0.3) is 0 Å². The van der Waals surface area contributed by atoms with Gasteiger partial charge in [-0.15, -0.1) is 0 Å². The Morgan fingerprint density at radius 3 is 2.95 bits per heavy atom. The second-order valence-electron chi connectivity index (χ2n) is 4.91. The Hall–Kier alpha value is -1.83. The number of piperidine rings is 1. The standard InChI is InChI=1S/C13H16F3N3O2/c14-13(15,16)8-21-11-10(4-1-5-18-11)12(20)19-6-2-3-9(17)7-19/h1,4-5,9H,2-3,6-8,17H2. The fraction of sp³-hybridized carbons (Fsp3) is 0.538. The summed E-state index contributed by atoms with van der Waals surface area (Å²) in [5, 5.41) is 0. The Labute approximate surface area is 119 Å². The average Bonchev–Trinajstić information content (AvgIpc) is 2.44. The van der Waals surface area contributed by atoms with Crippen molar-refractivity contribution in [2.24, 2.45) is 5.73 Å². The smallest absolute Gasteiger partial charge is 0.422 e. The van der Waals surface area contributed by atoms with E-state index in [0.29, 0.717) is 13.1 Å². The van der Waals surface area contributed by atoms with Gasteiger partial charge in [0, 0.05) is 25.3 Å². The Morgan fingerprint density at radius 1 is 1.52 bits per heavy atom. The molecular weight excluding hydrogens is 287 g/mol. The highest BCUT2D eigenvalue weighted by Gasteiger charge is 2.30. The predicted octanol–water partition coefficient (Wildman–Crippen LogP) is 1.59. The molecule has 116 valence electrons. The summed E-state index contributed by atoms with van der Waals surface area (Å²) in [5.41, 5.74) is 5.83. The van der Waals surface area contributed by atoms with Gasteiger partial charge in [0.2, 0.25) is 5.88 Å². The highest BCUT2D eigenvalue weighted by atomic mass is 19.4. The minimum atomic E-state index is -4.48. The molecule has 0 bridgehead atoms. The van der Waals surface area contributed by atoms with Crippen molar-refractivity contribution in [2.75, 3.05) is 19.7 Å². The van der Waals surface area contributed by atoms with Gasteiger partial charge in [-0.3, -0.25) is 4.79 Å². The van der Waals surface area contributed by atoms with Crippen LogP contribution in [0.15, 0.2) is 18.3 Å². The van der Waals surface area contributed by atoms with Crippen LogP contribution >= 0.6 is 0 Å². The summed E-state index contributed by atoms with van der Waals surface area (Å²) in [4.78, 5) is 17.6. The van der Waals surface area contributed by atoms with E-state index in [9.17, 15) is 18.0 Å². The third-order valence-electron chi connectivity index (χ3n) is 3.12. The van der Waals surface area contributed by atoms with E-state index in [1.807, 2.05) is 0 Å². The van der Waals surface area contributed by atoms with Gasteiger partial charge in [0.05, 0.1) is 0 Å². The van der Waals surface area contributed by atoms with E-state index < -0.39 is 18.7 Å². The lowest BCUT2D eigenvalue weighted by atomic mass is 10.1. The Morgan fingerprint density at radius 2 is 2.29 bits per heavy atom. The highest BCUT2D eigenvalue weighted by Crippen LogP contribution is 2.22. The predicted molar refractivity (Wildman–Crippen MR) is 68.9 cm³/mol. The minimum absolute atomic E-state index is 0.0239. The lowest BCUT2D eigenvalue weighted by Gasteiger charge is -2.31. The molecule has 1 aliphatic heterocycles. The zero-order valence-electron chi connectivity index (χ0n) is 11.3. The molecule has 1 atom stereocenters. The number of halogens is 3. The first-order valence-corrected chi connectivity index (χ1v) is 6.56. The fourth-order valence-corrected chi connectivity index (χ4v) is 2.18. The molecule has 1 aromatic heterocycles. The summed E-state index contributed by atoms with van der Waals surface area (Å²) < 4.78 is 41.3. The molecule has 2 N–H and O–H groups in total. The molecule has 1 saturated heterocycles. The van der Waals surface area contributed by atoms with E-state index >= 15 is 0 Å². The van der Waals surface area contributed by atoms with Gasteiger partial charge in [-0.05, 0) is 25.0 Å². The topological polar surface area (TPSA) is 68.5 Å². The van der Waals surface area contributed by atoms with E-state index in [2.05, 4.69) is 9.72 Å². The van der Waals surface area contributed by atoms with Gasteiger partial charge < -0.3 is 15.4 Å². The maximum Gasteiger partial charge on any atom is 0.422 e. The van der Waals surface area contributed by atoms with Crippen LogP contribution in [-0.2, 0) is 0 Å². The zero-order valence-corrected chi connectivity index (χ0v) is 11.3. The number of amides is 1. The normalized spacial score (nSPS) is 19.4. The SMILES string of the molecule is NC1CCCN(C(=O)c2cccnc2OCC(F)(F)F)C1. The van der Waals surface area contributed by atoms with Gasteiger partial charge >= 0.3 is 6.18 Å². The van der Waals surface area contributed by atoms with Crippen molar-refractivity contribution in [1.29, 1.82) is 0 Å². The van der Waals surface area contributed by atoms with Crippen molar-refractivity contribution in [3.05, 3.63) is 23.9 Å². The van der Waals surface area contributed by atoms with Crippen LogP contribution in [0.5, 0.6) is 5.88 Å². The quantitative estimate of drug-likeness (QED) is 0.920. The lowest BCUT2D eigenvalue weighted by Crippen LogP contribution is -2.45. The molecule has 1 aromatic rings. The van der Waals surface area contributed by atoms with Gasteiger partial charge in [-0.2, -0.15) is 13.2 Å². The number of alkyl halides is 3. The number of pyridine rings is 1. The monoisotopic (exact) mass is 303 g/mol. The van der Waals surface area contributed by atoms with Crippen LogP contribution in [0.2, 0.25) is 0 Å². The molecule has 0 saturated carbocycles. The van der Waals surface area contributed by atoms with Crippen LogP contribution < -0.4 is 10.5 Å². The van der Waals surface area contributed by atoms with Crippen molar-refractivity contribution in [2.45, 2.75) is 25.1 Å². The third kappa shape index (κ3) is 4.32. The number of carbonyl (C=O) groups excluding carboxylic acids is 1. The van der Waals surface area contributed by atoms with Crippen molar-refractivity contribution in [3.63, 3.8) is 0 Å². The van der Waals surface area contributed by atoms with Crippen LogP contribution in [0, 0.1) is 0 Å². The number of ether oxygens (including phenoxy) is 1. The highest BCUT2D eigenvalue weighted by molar-refractivity contribution is 5.96. The molecule has 1 fully saturated rings. The number of aromatic nitrogens is 1. The summed E-state index contributed by atoms with van der Waals surface area (Å²) in [6, 6.07) is 2.78. The van der Waals surface area contributed by atoms with Crippen molar-refractivity contribution >= 4 is 5.91 Å². The number of rotatable bonds is 3. The summed E-state index contributed by atoms with van der Waals surface area (Å²) >= 11 is 0. The number of nitrogens with two attached hydrogens (primary N) is 1. The third-order valence-corrected chi connectivity index (χ3v) is 3.12. The molecule has 1 aliphatic rings. The Bertz CT molecular complexity index is 508. The molecule has 1 unspecified atom stereocenters. The molecule has 21 heavy (non-hydrogen) atoms. The Balaban J connectivity index is 2.13. The molecule has 0 aliphatic carbocycles. The molecule has 0 spiro atoms. The molecule has 0 aromatic carbocycles. The van der Waals surface area contributed by atoms with E-state index in [1.165, 1.54) is 23.2 Å². The van der Waals surface area contributed by atoms with Crippen molar-refractivity contribution in [3.8, 4) is 5.88 Å². The first-order chi connectivity index (χ1) is 9.87. The van der Waals surface area contributed by atoms with Crippen molar-refractivity contribution in [1.82, 2.24) is 9.88 Å². The van der Waals surface area contributed by atoms with Crippen LogP contribution in [0.3, 0.4) is 0 Å². The maximum absolute atomic E-state index is 12.4. The van der Waals surface area contributed by atoms with Gasteiger partial charge in [0.1, 0.15) is 5.56 Å². The van der Waals surface area contributed by atoms with Gasteiger partial charge in [0.25, 0.3) is 5.91 Å². The first kappa shape index (κ1) is 15.6. The van der Waals surface area contributed by atoms with Crippen LogP contribution in [-0.4, -0.2) is 47.7 Å². The molecule has 1 amide bonds. The number of hydrogen-bond donors (Lipinski definition) is 1. The number of likely N-dealkylation sites (tertiary alicyclic amines) is 1. The summed E-state index contributed by atoms with van der Waals surface area (Å²) in [7, 11) is 0. The molecule has 2 heterocycles. The molecule has 2 rings (SSSR count). The van der Waals surface area contributed by atoms with Crippen LogP contribution in [0.4, 0.5) is 13.2 Å². The first-order valence-electron chi connectivity index (χ1n) is 6.56. The Kier molecular flexibility index (Phi) is 4.66. The molecule has 5 nitrogen and oxygen atoms in total. The minimum Gasteiger partial charge on any atom is -0.467 e. The number of nitrogens with zero attached hydrogens (tertiary/aromatic N) is 2. The zero-order chi connectivity index (χ0) is 15.5. The van der Waals surface area contributed by atoms with Gasteiger partial charge in [-0.25, -0.2) is 4.98 Å². The van der Waals surface area contributed by atoms with E-state index in [-0.39, 0.29) is 17.5 Å². The molecular formula is C13H16F3N3O2.